The second kappa shape index (κ2) is 6.49. The lowest BCUT2D eigenvalue weighted by molar-refractivity contribution is 0.0697. The van der Waals surface area contributed by atoms with Gasteiger partial charge < -0.3 is 10.4 Å². The fourth-order valence-electron chi connectivity index (χ4n) is 1.50. The first-order valence-electron chi connectivity index (χ1n) is 5.49. The van der Waals surface area contributed by atoms with Crippen LogP contribution >= 0.6 is 0 Å². The predicted octanol–water partition coefficient (Wildman–Crippen LogP) is 2.09. The molecule has 2 atom stereocenters. The van der Waals surface area contributed by atoms with Crippen molar-refractivity contribution in [2.45, 2.75) is 19.4 Å². The molecule has 1 rings (SSSR count). The minimum Gasteiger partial charge on any atom is -0.478 e. The second-order valence-electron chi connectivity index (χ2n) is 4.11. The monoisotopic (exact) mass is 273 g/mol. The molecule has 1 aromatic carbocycles. The maximum atomic E-state index is 13.0. The summed E-state index contributed by atoms with van der Waals surface area (Å²) in [6, 6.07) is 3.56. The summed E-state index contributed by atoms with van der Waals surface area (Å²) in [6.07, 6.45) is 2.27. The van der Waals surface area contributed by atoms with Gasteiger partial charge >= 0.3 is 5.97 Å². The van der Waals surface area contributed by atoms with Gasteiger partial charge in [-0.3, -0.25) is 4.21 Å². The van der Waals surface area contributed by atoms with Crippen LogP contribution in [0, 0.1) is 5.82 Å². The zero-order chi connectivity index (χ0) is 13.7. The Hall–Kier alpha value is -1.43. The number of benzene rings is 1. The van der Waals surface area contributed by atoms with Crippen molar-refractivity contribution in [2.24, 2.45) is 0 Å². The number of hydrogen-bond acceptors (Lipinski definition) is 3. The van der Waals surface area contributed by atoms with Crippen LogP contribution in [0.4, 0.5) is 10.1 Å². The first-order valence-corrected chi connectivity index (χ1v) is 7.22. The van der Waals surface area contributed by atoms with Gasteiger partial charge in [-0.25, -0.2) is 9.18 Å². The van der Waals surface area contributed by atoms with Crippen molar-refractivity contribution in [3.63, 3.8) is 0 Å². The summed E-state index contributed by atoms with van der Waals surface area (Å²) >= 11 is 0. The van der Waals surface area contributed by atoms with E-state index < -0.39 is 22.6 Å². The van der Waals surface area contributed by atoms with Crippen LogP contribution in [0.25, 0.3) is 0 Å². The van der Waals surface area contributed by atoms with Crippen molar-refractivity contribution in [2.75, 3.05) is 17.3 Å². The third-order valence-electron chi connectivity index (χ3n) is 2.45. The lowest BCUT2D eigenvalue weighted by Crippen LogP contribution is -2.19. The third-order valence-corrected chi connectivity index (χ3v) is 3.26. The van der Waals surface area contributed by atoms with Crippen LogP contribution in [0.15, 0.2) is 18.2 Å². The van der Waals surface area contributed by atoms with E-state index in [4.69, 9.17) is 5.11 Å². The Bertz CT molecular complexity index is 465. The van der Waals surface area contributed by atoms with Gasteiger partial charge in [0, 0.05) is 34.5 Å². The topological polar surface area (TPSA) is 66.4 Å². The lowest BCUT2D eigenvalue weighted by Gasteiger charge is -2.16. The van der Waals surface area contributed by atoms with Gasteiger partial charge in [-0.15, -0.1) is 0 Å². The van der Waals surface area contributed by atoms with E-state index >= 15 is 0 Å². The summed E-state index contributed by atoms with van der Waals surface area (Å²) in [5.74, 6) is -1.22. The first kappa shape index (κ1) is 14.6. The number of anilines is 1. The van der Waals surface area contributed by atoms with E-state index in [9.17, 15) is 13.4 Å². The van der Waals surface area contributed by atoms with Crippen LogP contribution in [-0.2, 0) is 10.8 Å². The predicted molar refractivity (Wildman–Crippen MR) is 70.0 cm³/mol. The molecule has 0 amide bonds. The van der Waals surface area contributed by atoms with E-state index in [2.05, 4.69) is 5.32 Å². The van der Waals surface area contributed by atoms with Crippen LogP contribution < -0.4 is 5.32 Å². The van der Waals surface area contributed by atoms with Crippen molar-refractivity contribution in [3.8, 4) is 0 Å². The molecular formula is C12H16FNO3S. The van der Waals surface area contributed by atoms with Crippen LogP contribution in [0.1, 0.15) is 23.7 Å². The largest absolute Gasteiger partial charge is 0.478 e. The smallest absolute Gasteiger partial charge is 0.337 e. The SMILES string of the molecule is CC(CCS(C)=O)Nc1ccc(F)cc1C(=O)O. The Balaban J connectivity index is 2.77. The highest BCUT2D eigenvalue weighted by molar-refractivity contribution is 7.84. The van der Waals surface area contributed by atoms with Crippen molar-refractivity contribution >= 4 is 22.5 Å². The van der Waals surface area contributed by atoms with Gasteiger partial charge in [0.1, 0.15) is 5.82 Å². The summed E-state index contributed by atoms with van der Waals surface area (Å²) in [7, 11) is -0.878. The maximum Gasteiger partial charge on any atom is 0.337 e. The van der Waals surface area contributed by atoms with Gasteiger partial charge in [-0.05, 0) is 31.5 Å². The molecule has 0 spiro atoms. The summed E-state index contributed by atoms with van der Waals surface area (Å²) in [5, 5.41) is 12.0. The Morgan fingerprint density at radius 2 is 2.22 bits per heavy atom. The fourth-order valence-corrected chi connectivity index (χ4v) is 2.19. The van der Waals surface area contributed by atoms with Gasteiger partial charge in [0.2, 0.25) is 0 Å². The minimum absolute atomic E-state index is 0.0301. The highest BCUT2D eigenvalue weighted by Crippen LogP contribution is 2.18. The highest BCUT2D eigenvalue weighted by atomic mass is 32.2. The molecule has 0 fully saturated rings. The summed E-state index contributed by atoms with van der Waals surface area (Å²) in [4.78, 5) is 11.0. The Morgan fingerprint density at radius 1 is 1.56 bits per heavy atom. The quantitative estimate of drug-likeness (QED) is 0.833. The van der Waals surface area contributed by atoms with E-state index in [0.29, 0.717) is 17.9 Å². The van der Waals surface area contributed by atoms with E-state index in [1.807, 2.05) is 6.92 Å². The molecular weight excluding hydrogens is 257 g/mol. The van der Waals surface area contributed by atoms with Crippen LogP contribution in [0.3, 0.4) is 0 Å². The molecule has 0 saturated carbocycles. The first-order chi connectivity index (χ1) is 8.40. The van der Waals surface area contributed by atoms with Crippen molar-refractivity contribution in [1.82, 2.24) is 0 Å². The molecule has 0 radical (unpaired) electrons. The summed E-state index contributed by atoms with van der Waals surface area (Å²) in [6.45, 7) is 1.86. The van der Waals surface area contributed by atoms with Crippen molar-refractivity contribution in [3.05, 3.63) is 29.6 Å². The lowest BCUT2D eigenvalue weighted by atomic mass is 10.1. The molecule has 0 aliphatic carbocycles. The van der Waals surface area contributed by atoms with Gasteiger partial charge in [0.25, 0.3) is 0 Å². The molecule has 2 N–H and O–H groups in total. The molecule has 0 aliphatic rings. The van der Waals surface area contributed by atoms with Gasteiger partial charge in [-0.1, -0.05) is 0 Å². The number of aromatic carboxylic acids is 1. The number of hydrogen-bond donors (Lipinski definition) is 2. The number of halogens is 1. The van der Waals surface area contributed by atoms with Crippen molar-refractivity contribution < 1.29 is 18.5 Å². The van der Waals surface area contributed by atoms with Gasteiger partial charge in [0.05, 0.1) is 5.56 Å². The summed E-state index contributed by atoms with van der Waals surface area (Å²) < 4.78 is 23.9. The van der Waals surface area contributed by atoms with E-state index in [1.54, 1.807) is 6.26 Å². The Kier molecular flexibility index (Phi) is 5.27. The van der Waals surface area contributed by atoms with E-state index in [1.165, 1.54) is 12.1 Å². The number of nitrogens with one attached hydrogen (secondary N) is 1. The van der Waals surface area contributed by atoms with E-state index in [-0.39, 0.29) is 11.6 Å². The molecule has 0 aromatic heterocycles. The molecule has 2 unspecified atom stereocenters. The van der Waals surface area contributed by atoms with Gasteiger partial charge in [0.15, 0.2) is 0 Å². The molecule has 4 nitrogen and oxygen atoms in total. The van der Waals surface area contributed by atoms with Crippen LogP contribution in [0.2, 0.25) is 0 Å². The third kappa shape index (κ3) is 4.44. The fraction of sp³-hybridized carbons (Fsp3) is 0.417. The number of carboxylic acid groups (broad SMARTS) is 1. The average molecular weight is 273 g/mol. The average Bonchev–Trinajstić information content (AvgIpc) is 2.28. The number of carbonyl (C=O) groups is 1. The zero-order valence-corrected chi connectivity index (χ0v) is 11.1. The summed E-state index contributed by atoms with van der Waals surface area (Å²) in [5.41, 5.74) is 0.276. The number of carboxylic acids is 1. The normalized spacial score (nSPS) is 13.9. The number of rotatable bonds is 6. The molecule has 1 aromatic rings. The molecule has 0 bridgehead atoms. The molecule has 0 heterocycles. The molecule has 100 valence electrons. The second-order valence-corrected chi connectivity index (χ2v) is 5.66. The minimum atomic E-state index is -1.18. The Morgan fingerprint density at radius 3 is 2.78 bits per heavy atom. The van der Waals surface area contributed by atoms with Crippen molar-refractivity contribution in [1.29, 1.82) is 0 Å². The highest BCUT2D eigenvalue weighted by Gasteiger charge is 2.13. The Labute approximate surface area is 108 Å². The zero-order valence-electron chi connectivity index (χ0n) is 10.3. The van der Waals surface area contributed by atoms with Crippen LogP contribution in [-0.4, -0.2) is 33.3 Å². The van der Waals surface area contributed by atoms with Crippen LogP contribution in [0.5, 0.6) is 0 Å². The molecule has 0 saturated heterocycles. The molecule has 0 aliphatic heterocycles. The van der Waals surface area contributed by atoms with E-state index in [0.717, 1.165) is 6.07 Å². The molecule has 18 heavy (non-hydrogen) atoms. The van der Waals surface area contributed by atoms with Gasteiger partial charge in [-0.2, -0.15) is 0 Å². The maximum absolute atomic E-state index is 13.0. The standard InChI is InChI=1S/C12H16FNO3S/c1-8(5-6-18(2)17)14-11-4-3-9(13)7-10(11)12(15)16/h3-4,7-8,14H,5-6H2,1-2H3,(H,15,16). The molecule has 6 heteroatoms.